The van der Waals surface area contributed by atoms with Gasteiger partial charge in [-0.05, 0) is 42.9 Å². The minimum atomic E-state index is -0.339. The second kappa shape index (κ2) is 1.95. The minimum Gasteiger partial charge on any atom is -0.352 e. The summed E-state index contributed by atoms with van der Waals surface area (Å²) in [5.74, 6) is 3.43. The first kappa shape index (κ1) is 6.75. The zero-order chi connectivity index (χ0) is 8.29. The van der Waals surface area contributed by atoms with Gasteiger partial charge in [0.15, 0.2) is 0 Å². The predicted molar refractivity (Wildman–Crippen MR) is 44.3 cm³/mol. The Morgan fingerprint density at radius 1 is 1.25 bits per heavy atom. The highest BCUT2D eigenvalue weighted by atomic mass is 16.2. The fraction of sp³-hybridized carbons (Fsp3) is 0.889. The third-order valence-corrected chi connectivity index (χ3v) is 4.04. The van der Waals surface area contributed by atoms with Crippen LogP contribution in [0.5, 0.6) is 0 Å². The largest absolute Gasteiger partial charge is 0.352 e. The predicted octanol–water partition coefficient (Wildman–Crippen LogP) is 0.699. The van der Waals surface area contributed by atoms with E-state index in [1.165, 1.54) is 19.3 Å². The van der Waals surface area contributed by atoms with Crippen molar-refractivity contribution in [2.24, 2.45) is 29.4 Å². The van der Waals surface area contributed by atoms with Gasteiger partial charge in [0.25, 0.3) is 0 Å². The van der Waals surface area contributed by atoms with Gasteiger partial charge in [-0.15, -0.1) is 0 Å². The van der Waals surface area contributed by atoms with Crippen LogP contribution in [0.1, 0.15) is 19.3 Å². The summed E-state index contributed by atoms with van der Waals surface area (Å²) in [6, 6.07) is 0.113. The highest BCUT2D eigenvalue weighted by Gasteiger charge is 2.65. The summed E-state index contributed by atoms with van der Waals surface area (Å²) in [6.07, 6.45) is 4.21. The molecule has 66 valence electrons. The highest BCUT2D eigenvalue weighted by Crippen LogP contribution is 2.65. The number of hydrogen-bond donors (Lipinski definition) is 2. The maximum atomic E-state index is 10.6. The maximum Gasteiger partial charge on any atom is 0.312 e. The molecule has 0 saturated heterocycles. The van der Waals surface area contributed by atoms with Crippen LogP contribution in [0.2, 0.25) is 0 Å². The van der Waals surface area contributed by atoms with Crippen molar-refractivity contribution in [3.8, 4) is 0 Å². The standard InChI is InChI=1S/C9H14N2O/c10-9(12)11-8-6-4-1-2-5(3-4)7(6)8/h4-8H,1-3H2,(H3,10,11,12). The van der Waals surface area contributed by atoms with E-state index in [0.717, 1.165) is 23.7 Å². The van der Waals surface area contributed by atoms with Crippen molar-refractivity contribution >= 4 is 6.03 Å². The van der Waals surface area contributed by atoms with Crippen LogP contribution in [0, 0.1) is 23.7 Å². The lowest BCUT2D eigenvalue weighted by atomic mass is 10.0. The average molecular weight is 166 g/mol. The van der Waals surface area contributed by atoms with E-state index in [1.807, 2.05) is 0 Å². The third-order valence-electron chi connectivity index (χ3n) is 4.04. The van der Waals surface area contributed by atoms with Crippen molar-refractivity contribution in [1.82, 2.24) is 5.32 Å². The van der Waals surface area contributed by atoms with Gasteiger partial charge in [0.2, 0.25) is 0 Å². The van der Waals surface area contributed by atoms with E-state index < -0.39 is 0 Å². The molecule has 3 aliphatic rings. The van der Waals surface area contributed by atoms with E-state index in [4.69, 9.17) is 5.73 Å². The van der Waals surface area contributed by atoms with Crippen molar-refractivity contribution in [3.63, 3.8) is 0 Å². The molecule has 2 bridgehead atoms. The third kappa shape index (κ3) is 0.692. The second-order valence-corrected chi connectivity index (χ2v) is 4.52. The van der Waals surface area contributed by atoms with Gasteiger partial charge < -0.3 is 11.1 Å². The second-order valence-electron chi connectivity index (χ2n) is 4.52. The molecular formula is C9H14N2O. The van der Waals surface area contributed by atoms with E-state index in [0.29, 0.717) is 6.04 Å². The monoisotopic (exact) mass is 166 g/mol. The summed E-state index contributed by atoms with van der Waals surface area (Å²) in [7, 11) is 0. The number of nitrogens with two attached hydrogens (primary N) is 1. The molecule has 3 saturated carbocycles. The summed E-state index contributed by atoms with van der Waals surface area (Å²) in [5.41, 5.74) is 5.10. The van der Waals surface area contributed by atoms with Crippen molar-refractivity contribution in [1.29, 1.82) is 0 Å². The SMILES string of the molecule is NC(=O)NC1C2C3CCC(C3)C12. The number of amides is 2. The van der Waals surface area contributed by atoms with Gasteiger partial charge in [-0.25, -0.2) is 4.79 Å². The quantitative estimate of drug-likeness (QED) is 0.592. The molecule has 4 atom stereocenters. The molecule has 3 heteroatoms. The number of nitrogens with one attached hydrogen (secondary N) is 1. The number of carbonyl (C=O) groups excluding carboxylic acids is 1. The van der Waals surface area contributed by atoms with Crippen LogP contribution >= 0.6 is 0 Å². The summed E-state index contributed by atoms with van der Waals surface area (Å²) >= 11 is 0. The molecule has 3 fully saturated rings. The number of hydrogen-bond acceptors (Lipinski definition) is 1. The fourth-order valence-corrected chi connectivity index (χ4v) is 3.68. The van der Waals surface area contributed by atoms with Crippen molar-refractivity contribution < 1.29 is 4.79 Å². The molecule has 0 spiro atoms. The first-order valence-electron chi connectivity index (χ1n) is 4.83. The zero-order valence-electron chi connectivity index (χ0n) is 6.99. The molecule has 0 radical (unpaired) electrons. The summed E-state index contributed by atoms with van der Waals surface area (Å²) in [6.45, 7) is 0. The maximum absolute atomic E-state index is 10.6. The summed E-state index contributed by atoms with van der Waals surface area (Å²) < 4.78 is 0. The van der Waals surface area contributed by atoms with Crippen LogP contribution in [0.3, 0.4) is 0 Å². The van der Waals surface area contributed by atoms with E-state index in [1.54, 1.807) is 0 Å². The molecular weight excluding hydrogens is 152 g/mol. The van der Waals surface area contributed by atoms with Gasteiger partial charge in [-0.3, -0.25) is 0 Å². The van der Waals surface area contributed by atoms with Gasteiger partial charge in [0.1, 0.15) is 0 Å². The Morgan fingerprint density at radius 2 is 1.83 bits per heavy atom. The first-order chi connectivity index (χ1) is 5.77. The Kier molecular flexibility index (Phi) is 1.10. The number of urea groups is 1. The molecule has 3 rings (SSSR count). The zero-order valence-corrected chi connectivity index (χ0v) is 6.99. The fourth-order valence-electron chi connectivity index (χ4n) is 3.68. The normalized spacial score (nSPS) is 53.5. The van der Waals surface area contributed by atoms with Crippen molar-refractivity contribution in [3.05, 3.63) is 0 Å². The number of rotatable bonds is 1. The summed E-state index contributed by atoms with van der Waals surface area (Å²) in [5, 5.41) is 2.86. The minimum absolute atomic E-state index is 0.339. The molecule has 0 heterocycles. The number of fused-ring (bicyclic) bond motifs is 5. The lowest BCUT2D eigenvalue weighted by Crippen LogP contribution is -2.34. The van der Waals surface area contributed by atoms with Gasteiger partial charge in [0.05, 0.1) is 0 Å². The molecule has 2 amide bonds. The molecule has 3 aliphatic carbocycles. The average Bonchev–Trinajstić information content (AvgIpc) is 2.43. The number of primary amides is 1. The molecule has 3 N–H and O–H groups in total. The Labute approximate surface area is 71.7 Å². The van der Waals surface area contributed by atoms with Crippen LogP contribution in [-0.2, 0) is 0 Å². The van der Waals surface area contributed by atoms with E-state index >= 15 is 0 Å². The van der Waals surface area contributed by atoms with Gasteiger partial charge in [-0.1, -0.05) is 0 Å². The lowest BCUT2D eigenvalue weighted by Gasteiger charge is -2.07. The topological polar surface area (TPSA) is 55.1 Å². The Balaban J connectivity index is 1.71. The van der Waals surface area contributed by atoms with Gasteiger partial charge in [-0.2, -0.15) is 0 Å². The van der Waals surface area contributed by atoms with Gasteiger partial charge >= 0.3 is 6.03 Å². The first-order valence-corrected chi connectivity index (χ1v) is 4.83. The molecule has 0 aromatic carbocycles. The molecule has 0 aromatic heterocycles. The smallest absolute Gasteiger partial charge is 0.312 e. The van der Waals surface area contributed by atoms with Gasteiger partial charge in [0, 0.05) is 6.04 Å². The molecule has 12 heavy (non-hydrogen) atoms. The van der Waals surface area contributed by atoms with E-state index in [2.05, 4.69) is 5.32 Å². The molecule has 0 aromatic rings. The molecule has 3 nitrogen and oxygen atoms in total. The van der Waals surface area contributed by atoms with Crippen LogP contribution in [0.25, 0.3) is 0 Å². The van der Waals surface area contributed by atoms with Crippen molar-refractivity contribution in [2.45, 2.75) is 25.3 Å². The molecule has 4 unspecified atom stereocenters. The molecule has 0 aliphatic heterocycles. The Hall–Kier alpha value is -0.730. The number of carbonyl (C=O) groups is 1. The Morgan fingerprint density at radius 3 is 2.33 bits per heavy atom. The van der Waals surface area contributed by atoms with Crippen LogP contribution in [-0.4, -0.2) is 12.1 Å². The Bertz CT molecular complexity index is 225. The van der Waals surface area contributed by atoms with Crippen LogP contribution < -0.4 is 11.1 Å². The van der Waals surface area contributed by atoms with Crippen molar-refractivity contribution in [2.75, 3.05) is 0 Å². The van der Waals surface area contributed by atoms with Crippen LogP contribution in [0.15, 0.2) is 0 Å². The summed E-state index contributed by atoms with van der Waals surface area (Å²) in [4.78, 5) is 10.6. The lowest BCUT2D eigenvalue weighted by molar-refractivity contribution is 0.246. The van der Waals surface area contributed by atoms with Crippen LogP contribution in [0.4, 0.5) is 4.79 Å². The van der Waals surface area contributed by atoms with E-state index in [9.17, 15) is 4.79 Å². The highest BCUT2D eigenvalue weighted by molar-refractivity contribution is 5.72. The van der Waals surface area contributed by atoms with E-state index in [-0.39, 0.29) is 6.03 Å².